The van der Waals surface area contributed by atoms with E-state index in [4.69, 9.17) is 0 Å². The van der Waals surface area contributed by atoms with E-state index in [-0.39, 0.29) is 11.8 Å². The van der Waals surface area contributed by atoms with Gasteiger partial charge in [0, 0.05) is 19.5 Å². The van der Waals surface area contributed by atoms with Gasteiger partial charge in [-0.2, -0.15) is 0 Å². The first-order valence-corrected chi connectivity index (χ1v) is 11.2. The molecule has 0 spiro atoms. The normalized spacial score (nSPS) is 11.7. The predicted octanol–water partition coefficient (Wildman–Crippen LogP) is 4.82. The van der Waals surface area contributed by atoms with Gasteiger partial charge in [0.25, 0.3) is 0 Å². The highest BCUT2D eigenvalue weighted by atomic mass is 16.2. The summed E-state index contributed by atoms with van der Waals surface area (Å²) in [7, 11) is 0. The largest absolute Gasteiger partial charge is 0.354 e. The Balaban J connectivity index is 2.18. The Hall–Kier alpha value is -2.62. The molecule has 0 radical (unpaired) electrons. The van der Waals surface area contributed by atoms with E-state index in [0.717, 1.165) is 29.5 Å². The van der Waals surface area contributed by atoms with Crippen molar-refractivity contribution in [3.63, 3.8) is 0 Å². The van der Waals surface area contributed by atoms with E-state index in [0.29, 0.717) is 32.4 Å². The van der Waals surface area contributed by atoms with Crippen LogP contribution < -0.4 is 5.32 Å². The van der Waals surface area contributed by atoms with Crippen LogP contribution in [-0.2, 0) is 29.0 Å². The van der Waals surface area contributed by atoms with Crippen LogP contribution in [0.15, 0.2) is 48.5 Å². The summed E-state index contributed by atoms with van der Waals surface area (Å²) < 4.78 is 0. The van der Waals surface area contributed by atoms with Crippen molar-refractivity contribution in [1.82, 2.24) is 10.2 Å². The van der Waals surface area contributed by atoms with Crippen molar-refractivity contribution in [2.24, 2.45) is 0 Å². The van der Waals surface area contributed by atoms with Crippen LogP contribution in [0.2, 0.25) is 0 Å². The molecule has 0 aliphatic rings. The van der Waals surface area contributed by atoms with Crippen molar-refractivity contribution < 1.29 is 9.59 Å². The van der Waals surface area contributed by atoms with Gasteiger partial charge in [-0.15, -0.1) is 0 Å². The van der Waals surface area contributed by atoms with Crippen LogP contribution in [0.5, 0.6) is 0 Å². The van der Waals surface area contributed by atoms with Gasteiger partial charge in [0.1, 0.15) is 6.04 Å². The van der Waals surface area contributed by atoms with Gasteiger partial charge in [-0.05, 0) is 54.9 Å². The number of carbonyl (C=O) groups excluding carboxylic acids is 2. The number of hydrogen-bond acceptors (Lipinski definition) is 2. The summed E-state index contributed by atoms with van der Waals surface area (Å²) in [5.41, 5.74) is 4.67. The molecule has 0 aliphatic heterocycles. The maximum absolute atomic E-state index is 13.3. The van der Waals surface area contributed by atoms with Gasteiger partial charge in [-0.3, -0.25) is 9.59 Å². The summed E-state index contributed by atoms with van der Waals surface area (Å²) in [6, 6.07) is 16.1. The van der Waals surface area contributed by atoms with Crippen molar-refractivity contribution >= 4 is 11.8 Å². The van der Waals surface area contributed by atoms with Crippen molar-refractivity contribution in [3.05, 3.63) is 70.8 Å². The first kappa shape index (κ1) is 23.7. The molecule has 4 nitrogen and oxygen atoms in total. The second kappa shape index (κ2) is 12.2. The summed E-state index contributed by atoms with van der Waals surface area (Å²) in [6.07, 6.45) is 3.56. The van der Waals surface area contributed by atoms with Gasteiger partial charge in [0.15, 0.2) is 0 Å². The first-order valence-electron chi connectivity index (χ1n) is 11.2. The number of benzene rings is 2. The molecule has 0 saturated heterocycles. The third-order valence-electron chi connectivity index (χ3n) is 5.60. The number of aryl methyl sites for hydroxylation is 3. The van der Waals surface area contributed by atoms with Crippen LogP contribution in [0.3, 0.4) is 0 Å². The Morgan fingerprint density at radius 3 is 2.23 bits per heavy atom. The van der Waals surface area contributed by atoms with Gasteiger partial charge < -0.3 is 10.2 Å². The van der Waals surface area contributed by atoms with E-state index >= 15 is 0 Å². The van der Waals surface area contributed by atoms with E-state index in [2.05, 4.69) is 36.5 Å². The molecule has 1 atom stereocenters. The number of hydrogen-bond donors (Lipinski definition) is 1. The zero-order chi connectivity index (χ0) is 21.9. The van der Waals surface area contributed by atoms with Crippen LogP contribution in [-0.4, -0.2) is 29.3 Å². The minimum atomic E-state index is -0.453. The Kier molecular flexibility index (Phi) is 9.59. The Bertz CT molecular complexity index is 814. The average Bonchev–Trinajstić information content (AvgIpc) is 2.77. The fourth-order valence-electron chi connectivity index (χ4n) is 3.59. The van der Waals surface area contributed by atoms with Crippen LogP contribution in [0, 0.1) is 6.92 Å². The van der Waals surface area contributed by atoms with Crippen molar-refractivity contribution in [3.8, 4) is 0 Å². The molecule has 0 fully saturated rings. The van der Waals surface area contributed by atoms with Gasteiger partial charge >= 0.3 is 0 Å². The molecule has 30 heavy (non-hydrogen) atoms. The lowest BCUT2D eigenvalue weighted by atomic mass is 10.0. The van der Waals surface area contributed by atoms with Gasteiger partial charge in [-0.25, -0.2) is 0 Å². The summed E-state index contributed by atoms with van der Waals surface area (Å²) >= 11 is 0. The quantitative estimate of drug-likeness (QED) is 0.579. The van der Waals surface area contributed by atoms with Gasteiger partial charge in [0.05, 0.1) is 0 Å². The monoisotopic (exact) mass is 408 g/mol. The van der Waals surface area contributed by atoms with Gasteiger partial charge in [-0.1, -0.05) is 69.3 Å². The van der Waals surface area contributed by atoms with E-state index in [1.54, 1.807) is 4.90 Å². The van der Waals surface area contributed by atoms with Crippen molar-refractivity contribution in [2.45, 2.75) is 72.4 Å². The third-order valence-corrected chi connectivity index (χ3v) is 5.60. The number of rotatable bonds is 11. The maximum atomic E-state index is 13.3. The second-order valence-electron chi connectivity index (χ2n) is 7.83. The van der Waals surface area contributed by atoms with Crippen molar-refractivity contribution in [2.75, 3.05) is 6.54 Å². The molecule has 2 aromatic carbocycles. The molecule has 0 bridgehead atoms. The van der Waals surface area contributed by atoms with E-state index in [1.165, 1.54) is 5.56 Å². The molecule has 162 valence electrons. The lowest BCUT2D eigenvalue weighted by Gasteiger charge is -2.31. The molecule has 0 aromatic heterocycles. The SMILES string of the molecule is CCCNC(=O)[C@H](CC)N(Cc1ccccc1C)C(=O)CCc1ccc(CC)cc1. The fraction of sp³-hybridized carbons (Fsp3) is 0.462. The average molecular weight is 409 g/mol. The highest BCUT2D eigenvalue weighted by Gasteiger charge is 2.28. The molecule has 2 rings (SSSR count). The molecule has 0 saturated carbocycles. The predicted molar refractivity (Wildman–Crippen MR) is 123 cm³/mol. The molecule has 2 amide bonds. The highest BCUT2D eigenvalue weighted by Crippen LogP contribution is 2.17. The minimum Gasteiger partial charge on any atom is -0.354 e. The van der Waals surface area contributed by atoms with Crippen molar-refractivity contribution in [1.29, 1.82) is 0 Å². The number of nitrogens with one attached hydrogen (secondary N) is 1. The van der Waals surface area contributed by atoms with Crippen LogP contribution in [0.25, 0.3) is 0 Å². The van der Waals surface area contributed by atoms with Crippen LogP contribution in [0.4, 0.5) is 0 Å². The zero-order valence-corrected chi connectivity index (χ0v) is 18.9. The van der Waals surface area contributed by atoms with Gasteiger partial charge in [0.2, 0.25) is 11.8 Å². The van der Waals surface area contributed by atoms with Crippen LogP contribution >= 0.6 is 0 Å². The highest BCUT2D eigenvalue weighted by molar-refractivity contribution is 5.87. The standard InChI is InChI=1S/C26H36N2O2/c1-5-18-27-26(30)24(7-3)28(19-23-11-9-8-10-20(23)4)25(29)17-16-22-14-12-21(6-2)13-15-22/h8-15,24H,5-7,16-19H2,1-4H3,(H,27,30)/t24-/m0/s1. The molecule has 0 heterocycles. The first-order chi connectivity index (χ1) is 14.5. The van der Waals surface area contributed by atoms with Crippen LogP contribution in [0.1, 0.15) is 62.3 Å². The minimum absolute atomic E-state index is 0.0244. The summed E-state index contributed by atoms with van der Waals surface area (Å²) in [5, 5.41) is 2.97. The Labute approximate surface area is 181 Å². The molecule has 0 aliphatic carbocycles. The Morgan fingerprint density at radius 2 is 1.63 bits per heavy atom. The number of amides is 2. The lowest BCUT2D eigenvalue weighted by molar-refractivity contribution is -0.141. The third kappa shape index (κ3) is 6.72. The zero-order valence-electron chi connectivity index (χ0n) is 18.9. The lowest BCUT2D eigenvalue weighted by Crippen LogP contribution is -2.49. The smallest absolute Gasteiger partial charge is 0.242 e. The summed E-state index contributed by atoms with van der Waals surface area (Å²) in [5.74, 6) is -0.0371. The number of nitrogens with zero attached hydrogens (tertiary/aromatic N) is 1. The maximum Gasteiger partial charge on any atom is 0.242 e. The Morgan fingerprint density at radius 1 is 0.967 bits per heavy atom. The summed E-state index contributed by atoms with van der Waals surface area (Å²) in [6.45, 7) is 9.27. The molecular formula is C26H36N2O2. The molecular weight excluding hydrogens is 372 g/mol. The van der Waals surface area contributed by atoms with E-state index in [9.17, 15) is 9.59 Å². The molecule has 1 N–H and O–H groups in total. The molecule has 4 heteroatoms. The number of carbonyl (C=O) groups is 2. The van der Waals surface area contributed by atoms with E-state index in [1.807, 2.05) is 45.0 Å². The van der Waals surface area contributed by atoms with E-state index < -0.39 is 6.04 Å². The molecule has 2 aromatic rings. The second-order valence-corrected chi connectivity index (χ2v) is 7.83. The molecule has 0 unspecified atom stereocenters. The summed E-state index contributed by atoms with van der Waals surface area (Å²) in [4.78, 5) is 27.8. The fourth-order valence-corrected chi connectivity index (χ4v) is 3.59. The topological polar surface area (TPSA) is 49.4 Å².